The van der Waals surface area contributed by atoms with Gasteiger partial charge in [-0.2, -0.15) is 5.10 Å². The molecular weight excluding hydrogens is 407 g/mol. The summed E-state index contributed by atoms with van der Waals surface area (Å²) in [5, 5.41) is 3.81. The van der Waals surface area contributed by atoms with Crippen LogP contribution in [0, 0.1) is 3.77 Å². The van der Waals surface area contributed by atoms with Crippen LogP contribution in [0.3, 0.4) is 0 Å². The number of rotatable bonds is 7. The summed E-state index contributed by atoms with van der Waals surface area (Å²) in [4.78, 5) is 11.7. The average molecular weight is 426 g/mol. The number of amides is 1. The molecule has 1 amide bonds. The van der Waals surface area contributed by atoms with Crippen molar-refractivity contribution in [1.82, 2.24) is 5.43 Å². The Hall–Kier alpha value is -1.83. The molecule has 0 unspecified atom stereocenters. The first-order valence-corrected chi connectivity index (χ1v) is 8.46. The Balaban J connectivity index is 1.76. The molecule has 0 fully saturated rings. The molecule has 2 rings (SSSR count). The molecule has 0 saturated carbocycles. The van der Waals surface area contributed by atoms with Crippen LogP contribution < -0.4 is 10.2 Å². The number of furan rings is 1. The van der Waals surface area contributed by atoms with Gasteiger partial charge in [0, 0.05) is 0 Å². The minimum atomic E-state index is -0.325. The number of hydrogen-bond acceptors (Lipinski definition) is 4. The number of carbonyl (C=O) groups excluding carboxylic acids is 1. The van der Waals surface area contributed by atoms with Crippen LogP contribution in [0.4, 0.5) is 0 Å². The fourth-order valence-corrected chi connectivity index (χ4v) is 2.31. The monoisotopic (exact) mass is 426 g/mol. The van der Waals surface area contributed by atoms with Crippen LogP contribution in [0.15, 0.2) is 45.9 Å². The van der Waals surface area contributed by atoms with Crippen molar-refractivity contribution in [2.75, 3.05) is 6.61 Å². The number of benzene rings is 1. The number of hydrazone groups is 1. The van der Waals surface area contributed by atoms with Crippen LogP contribution in [0.2, 0.25) is 0 Å². The van der Waals surface area contributed by atoms with Crippen molar-refractivity contribution in [3.05, 3.63) is 51.5 Å². The molecule has 1 atom stereocenters. The minimum absolute atomic E-state index is 0.0876. The summed E-state index contributed by atoms with van der Waals surface area (Å²) in [5.74, 6) is 1.44. The third-order valence-electron chi connectivity index (χ3n) is 3.41. The van der Waals surface area contributed by atoms with Gasteiger partial charge in [-0.15, -0.1) is 0 Å². The van der Waals surface area contributed by atoms with Gasteiger partial charge in [0.1, 0.15) is 11.5 Å². The van der Waals surface area contributed by atoms with Gasteiger partial charge < -0.3 is 9.15 Å². The Labute approximate surface area is 149 Å². The van der Waals surface area contributed by atoms with Crippen molar-refractivity contribution >= 4 is 34.7 Å². The maximum Gasteiger partial charge on any atom is 0.277 e. The van der Waals surface area contributed by atoms with Gasteiger partial charge in [-0.1, -0.05) is 26.0 Å². The molecule has 1 aromatic carbocycles. The van der Waals surface area contributed by atoms with E-state index in [9.17, 15) is 4.79 Å². The zero-order chi connectivity index (χ0) is 16.7. The van der Waals surface area contributed by atoms with Crippen LogP contribution in [-0.4, -0.2) is 18.7 Å². The van der Waals surface area contributed by atoms with E-state index in [1.165, 1.54) is 11.8 Å². The topological polar surface area (TPSA) is 63.8 Å². The number of carbonyl (C=O) groups is 1. The third-order valence-corrected chi connectivity index (χ3v) is 3.99. The second kappa shape index (κ2) is 8.71. The molecule has 2 aromatic rings. The van der Waals surface area contributed by atoms with Crippen LogP contribution >= 0.6 is 22.6 Å². The average Bonchev–Trinajstić information content (AvgIpc) is 2.98. The van der Waals surface area contributed by atoms with E-state index in [0.717, 1.165) is 10.2 Å². The number of ether oxygens (including phenoxy) is 1. The predicted octanol–water partition coefficient (Wildman–Crippen LogP) is 3.93. The summed E-state index contributed by atoms with van der Waals surface area (Å²) in [6, 6.07) is 11.4. The Morgan fingerprint density at radius 2 is 2.09 bits per heavy atom. The van der Waals surface area contributed by atoms with E-state index in [1.807, 2.05) is 30.3 Å². The van der Waals surface area contributed by atoms with Crippen molar-refractivity contribution in [2.45, 2.75) is 26.2 Å². The molecule has 6 heteroatoms. The lowest BCUT2D eigenvalue weighted by Crippen LogP contribution is -2.24. The Morgan fingerprint density at radius 1 is 1.35 bits per heavy atom. The summed E-state index contributed by atoms with van der Waals surface area (Å²) in [6.45, 7) is 4.25. The first kappa shape index (κ1) is 17.5. The highest BCUT2D eigenvalue weighted by molar-refractivity contribution is 14.1. The van der Waals surface area contributed by atoms with Gasteiger partial charge in [-0.25, -0.2) is 5.43 Å². The molecule has 0 aliphatic rings. The van der Waals surface area contributed by atoms with Crippen molar-refractivity contribution < 1.29 is 13.9 Å². The second-order valence-corrected chi connectivity index (χ2v) is 6.17. The lowest BCUT2D eigenvalue weighted by Gasteiger charge is -2.10. The molecule has 0 bridgehead atoms. The molecule has 1 heterocycles. The highest BCUT2D eigenvalue weighted by atomic mass is 127. The molecule has 0 saturated heterocycles. The third kappa shape index (κ3) is 5.70. The summed E-state index contributed by atoms with van der Waals surface area (Å²) in [5.41, 5.74) is 3.66. The first-order chi connectivity index (χ1) is 11.1. The highest BCUT2D eigenvalue weighted by Gasteiger charge is 2.05. The van der Waals surface area contributed by atoms with Gasteiger partial charge in [0.25, 0.3) is 5.91 Å². The van der Waals surface area contributed by atoms with Crippen LogP contribution in [0.25, 0.3) is 0 Å². The molecule has 0 aliphatic carbocycles. The molecule has 1 N–H and O–H groups in total. The normalized spacial score (nSPS) is 12.3. The van der Waals surface area contributed by atoms with Crippen molar-refractivity contribution in [1.29, 1.82) is 0 Å². The van der Waals surface area contributed by atoms with E-state index in [4.69, 9.17) is 9.15 Å². The molecule has 122 valence electrons. The van der Waals surface area contributed by atoms with Crippen molar-refractivity contribution in [3.63, 3.8) is 0 Å². The Kier molecular flexibility index (Phi) is 6.64. The minimum Gasteiger partial charge on any atom is -0.484 e. The fourth-order valence-electron chi connectivity index (χ4n) is 1.87. The van der Waals surface area contributed by atoms with Gasteiger partial charge >= 0.3 is 0 Å². The van der Waals surface area contributed by atoms with Gasteiger partial charge in [-0.05, 0) is 64.8 Å². The second-order valence-electron chi connectivity index (χ2n) is 5.10. The smallest absolute Gasteiger partial charge is 0.277 e. The number of halogens is 1. The van der Waals surface area contributed by atoms with Crippen molar-refractivity contribution in [3.8, 4) is 5.75 Å². The lowest BCUT2D eigenvalue weighted by molar-refractivity contribution is -0.123. The van der Waals surface area contributed by atoms with Crippen LogP contribution in [0.1, 0.15) is 37.5 Å². The molecule has 23 heavy (non-hydrogen) atoms. The van der Waals surface area contributed by atoms with Crippen molar-refractivity contribution in [2.24, 2.45) is 5.10 Å². The fraction of sp³-hybridized carbons (Fsp3) is 0.294. The summed E-state index contributed by atoms with van der Waals surface area (Å²) < 4.78 is 11.5. The Bertz CT molecular complexity index is 665. The molecule has 0 aliphatic heterocycles. The largest absolute Gasteiger partial charge is 0.484 e. The van der Waals surface area contributed by atoms with Crippen LogP contribution in [-0.2, 0) is 4.79 Å². The molecular formula is C17H19IN2O3. The maximum atomic E-state index is 11.7. The highest BCUT2D eigenvalue weighted by Crippen LogP contribution is 2.21. The Morgan fingerprint density at radius 3 is 2.70 bits per heavy atom. The molecule has 5 nitrogen and oxygen atoms in total. The van der Waals surface area contributed by atoms with E-state index in [-0.39, 0.29) is 12.5 Å². The SMILES string of the molecule is CC[C@H](C)c1ccc(OCC(=O)N/N=C/c2ccc(I)o2)cc1. The number of nitrogens with one attached hydrogen (secondary N) is 1. The summed E-state index contributed by atoms with van der Waals surface area (Å²) >= 11 is 2.06. The van der Waals surface area contributed by atoms with E-state index in [2.05, 4.69) is 47.0 Å². The maximum absolute atomic E-state index is 11.7. The summed E-state index contributed by atoms with van der Waals surface area (Å²) in [7, 11) is 0. The van der Waals surface area contributed by atoms with Gasteiger partial charge in [-0.3, -0.25) is 4.79 Å². The summed E-state index contributed by atoms with van der Waals surface area (Å²) in [6.07, 6.45) is 2.54. The zero-order valence-electron chi connectivity index (χ0n) is 13.1. The van der Waals surface area contributed by atoms with E-state index in [0.29, 0.717) is 17.4 Å². The number of nitrogens with zero attached hydrogens (tertiary/aromatic N) is 1. The molecule has 0 radical (unpaired) electrons. The molecule has 1 aromatic heterocycles. The zero-order valence-corrected chi connectivity index (χ0v) is 15.2. The van der Waals surface area contributed by atoms with Crippen LogP contribution in [0.5, 0.6) is 5.75 Å². The lowest BCUT2D eigenvalue weighted by atomic mass is 9.99. The van der Waals surface area contributed by atoms with Gasteiger partial charge in [0.15, 0.2) is 10.4 Å². The first-order valence-electron chi connectivity index (χ1n) is 7.38. The van der Waals surface area contributed by atoms with E-state index < -0.39 is 0 Å². The predicted molar refractivity (Wildman–Crippen MR) is 97.8 cm³/mol. The van der Waals surface area contributed by atoms with E-state index >= 15 is 0 Å². The van der Waals surface area contributed by atoms with E-state index in [1.54, 1.807) is 6.07 Å². The number of hydrogen-bond donors (Lipinski definition) is 1. The standard InChI is InChI=1S/C17H19IN2O3/c1-3-12(2)13-4-6-14(7-5-13)22-11-17(21)20-19-10-15-8-9-16(18)23-15/h4-10,12H,3,11H2,1-2H3,(H,20,21)/b19-10+/t12-/m0/s1. The van der Waals surface area contributed by atoms with Gasteiger partial charge in [0.2, 0.25) is 0 Å². The van der Waals surface area contributed by atoms with Gasteiger partial charge in [0.05, 0.1) is 6.21 Å². The molecule has 0 spiro atoms. The quantitative estimate of drug-likeness (QED) is 0.415.